The van der Waals surface area contributed by atoms with E-state index in [0.29, 0.717) is 0 Å². The van der Waals surface area contributed by atoms with Gasteiger partial charge in [-0.3, -0.25) is 14.8 Å². The standard InChI is InChI=1S/C22H27N5O/c1-25(13-19-4-3-9-23-12-19)15-20-16-27-11-10-26(17-22(27)24-20)14-18-5-7-21(28-2)8-6-18/h3-9,12,16H,10-11,13-15,17H2,1-2H3. The first-order valence-corrected chi connectivity index (χ1v) is 9.67. The van der Waals surface area contributed by atoms with Gasteiger partial charge in [0.2, 0.25) is 0 Å². The maximum absolute atomic E-state index is 5.24. The van der Waals surface area contributed by atoms with E-state index in [2.05, 4.69) is 50.8 Å². The lowest BCUT2D eigenvalue weighted by atomic mass is 10.2. The Morgan fingerprint density at radius 2 is 1.93 bits per heavy atom. The van der Waals surface area contributed by atoms with E-state index in [0.717, 1.165) is 56.5 Å². The van der Waals surface area contributed by atoms with Gasteiger partial charge in [-0.15, -0.1) is 0 Å². The minimum Gasteiger partial charge on any atom is -0.497 e. The smallest absolute Gasteiger partial charge is 0.123 e. The molecule has 3 heterocycles. The molecule has 0 atom stereocenters. The van der Waals surface area contributed by atoms with Crippen LogP contribution in [0.5, 0.6) is 5.75 Å². The summed E-state index contributed by atoms with van der Waals surface area (Å²) in [6, 6.07) is 12.4. The Labute approximate surface area is 166 Å². The Morgan fingerprint density at radius 3 is 2.68 bits per heavy atom. The van der Waals surface area contributed by atoms with E-state index in [1.807, 2.05) is 30.6 Å². The molecule has 1 aliphatic rings. The fourth-order valence-corrected chi connectivity index (χ4v) is 3.70. The van der Waals surface area contributed by atoms with Crippen LogP contribution in [-0.4, -0.2) is 45.0 Å². The summed E-state index contributed by atoms with van der Waals surface area (Å²) in [5.41, 5.74) is 3.66. The van der Waals surface area contributed by atoms with Crippen molar-refractivity contribution in [3.05, 3.63) is 77.6 Å². The number of ether oxygens (including phenoxy) is 1. The lowest BCUT2D eigenvalue weighted by Crippen LogP contribution is -2.33. The van der Waals surface area contributed by atoms with Crippen molar-refractivity contribution >= 4 is 0 Å². The minimum absolute atomic E-state index is 0.841. The zero-order valence-corrected chi connectivity index (χ0v) is 16.6. The molecule has 146 valence electrons. The van der Waals surface area contributed by atoms with Crippen LogP contribution in [0, 0.1) is 0 Å². The Balaban J connectivity index is 1.35. The number of hydrogen-bond acceptors (Lipinski definition) is 5. The fraction of sp³-hybridized carbons (Fsp3) is 0.364. The molecule has 4 rings (SSSR count). The van der Waals surface area contributed by atoms with Crippen LogP contribution in [0.4, 0.5) is 0 Å². The molecule has 28 heavy (non-hydrogen) atoms. The number of aromatic nitrogens is 3. The van der Waals surface area contributed by atoms with E-state index in [4.69, 9.17) is 9.72 Å². The van der Waals surface area contributed by atoms with Crippen LogP contribution in [0.25, 0.3) is 0 Å². The molecule has 0 amide bonds. The summed E-state index contributed by atoms with van der Waals surface area (Å²) in [6.45, 7) is 5.57. The van der Waals surface area contributed by atoms with Gasteiger partial charge in [0.15, 0.2) is 0 Å². The molecule has 0 aliphatic carbocycles. The Kier molecular flexibility index (Phi) is 5.69. The monoisotopic (exact) mass is 377 g/mol. The lowest BCUT2D eigenvalue weighted by Gasteiger charge is -2.27. The first kappa shape index (κ1) is 18.7. The highest BCUT2D eigenvalue weighted by Crippen LogP contribution is 2.18. The van der Waals surface area contributed by atoms with Crippen LogP contribution >= 0.6 is 0 Å². The SMILES string of the molecule is COc1ccc(CN2CCn3cc(CN(C)Cc4cccnc4)nc3C2)cc1. The molecule has 0 spiro atoms. The van der Waals surface area contributed by atoms with Gasteiger partial charge < -0.3 is 9.30 Å². The third kappa shape index (κ3) is 4.58. The molecule has 0 N–H and O–H groups in total. The van der Waals surface area contributed by atoms with Crippen LogP contribution in [-0.2, 0) is 32.7 Å². The Hall–Kier alpha value is -2.70. The molecule has 0 saturated heterocycles. The van der Waals surface area contributed by atoms with Crippen molar-refractivity contribution in [2.24, 2.45) is 0 Å². The maximum Gasteiger partial charge on any atom is 0.123 e. The summed E-state index contributed by atoms with van der Waals surface area (Å²) in [5.74, 6) is 2.06. The third-order valence-corrected chi connectivity index (χ3v) is 5.10. The number of methoxy groups -OCH3 is 1. The molecule has 2 aromatic heterocycles. The second kappa shape index (κ2) is 8.54. The van der Waals surface area contributed by atoms with E-state index < -0.39 is 0 Å². The highest BCUT2D eigenvalue weighted by molar-refractivity contribution is 5.27. The second-order valence-corrected chi connectivity index (χ2v) is 7.43. The number of imidazole rings is 1. The van der Waals surface area contributed by atoms with Crippen LogP contribution in [0.15, 0.2) is 55.0 Å². The maximum atomic E-state index is 5.24. The van der Waals surface area contributed by atoms with E-state index in [9.17, 15) is 0 Å². The summed E-state index contributed by atoms with van der Waals surface area (Å²) < 4.78 is 7.55. The van der Waals surface area contributed by atoms with Gasteiger partial charge in [0.05, 0.1) is 19.3 Å². The normalized spacial score (nSPS) is 14.2. The first-order chi connectivity index (χ1) is 13.7. The molecular formula is C22H27N5O. The third-order valence-electron chi connectivity index (χ3n) is 5.10. The lowest BCUT2D eigenvalue weighted by molar-refractivity contribution is 0.209. The van der Waals surface area contributed by atoms with Crippen molar-refractivity contribution in [3.63, 3.8) is 0 Å². The summed E-state index contributed by atoms with van der Waals surface area (Å²) in [5, 5.41) is 0. The van der Waals surface area contributed by atoms with Crippen molar-refractivity contribution in [1.29, 1.82) is 0 Å². The molecule has 0 fully saturated rings. The van der Waals surface area contributed by atoms with Crippen molar-refractivity contribution in [2.45, 2.75) is 32.7 Å². The molecule has 0 unspecified atom stereocenters. The first-order valence-electron chi connectivity index (χ1n) is 9.67. The average molecular weight is 377 g/mol. The fourth-order valence-electron chi connectivity index (χ4n) is 3.70. The van der Waals surface area contributed by atoms with Crippen LogP contribution in [0.2, 0.25) is 0 Å². The molecule has 0 radical (unpaired) electrons. The van der Waals surface area contributed by atoms with E-state index in [-0.39, 0.29) is 0 Å². The van der Waals surface area contributed by atoms with Gasteiger partial charge in [0.25, 0.3) is 0 Å². The zero-order chi connectivity index (χ0) is 19.3. The largest absolute Gasteiger partial charge is 0.497 e. The molecule has 6 nitrogen and oxygen atoms in total. The van der Waals surface area contributed by atoms with E-state index in [1.54, 1.807) is 7.11 Å². The summed E-state index contributed by atoms with van der Waals surface area (Å²) in [7, 11) is 3.83. The van der Waals surface area contributed by atoms with Gasteiger partial charge in [-0.1, -0.05) is 18.2 Å². The number of hydrogen-bond donors (Lipinski definition) is 0. The highest BCUT2D eigenvalue weighted by Gasteiger charge is 2.19. The summed E-state index contributed by atoms with van der Waals surface area (Å²) in [6.07, 6.45) is 5.94. The predicted octanol–water partition coefficient (Wildman–Crippen LogP) is 2.93. The molecule has 1 aromatic carbocycles. The van der Waals surface area contributed by atoms with E-state index in [1.165, 1.54) is 11.1 Å². The second-order valence-electron chi connectivity index (χ2n) is 7.43. The molecule has 3 aromatic rings. The highest BCUT2D eigenvalue weighted by atomic mass is 16.5. The van der Waals surface area contributed by atoms with Crippen molar-refractivity contribution < 1.29 is 4.74 Å². The van der Waals surface area contributed by atoms with Gasteiger partial charge in [0.1, 0.15) is 11.6 Å². The minimum atomic E-state index is 0.841. The van der Waals surface area contributed by atoms with Crippen LogP contribution in [0.1, 0.15) is 22.6 Å². The van der Waals surface area contributed by atoms with Gasteiger partial charge in [-0.25, -0.2) is 4.98 Å². The van der Waals surface area contributed by atoms with E-state index >= 15 is 0 Å². The molecular weight excluding hydrogens is 350 g/mol. The van der Waals surface area contributed by atoms with Gasteiger partial charge >= 0.3 is 0 Å². The van der Waals surface area contributed by atoms with Crippen LogP contribution in [0.3, 0.4) is 0 Å². The summed E-state index contributed by atoms with van der Waals surface area (Å²) >= 11 is 0. The Bertz CT molecular complexity index is 891. The topological polar surface area (TPSA) is 46.4 Å². The average Bonchev–Trinajstić information content (AvgIpc) is 3.10. The van der Waals surface area contributed by atoms with Gasteiger partial charge in [0, 0.05) is 51.3 Å². The van der Waals surface area contributed by atoms with Crippen molar-refractivity contribution in [3.8, 4) is 5.75 Å². The molecule has 0 saturated carbocycles. The molecule has 1 aliphatic heterocycles. The quantitative estimate of drug-likeness (QED) is 0.634. The number of pyridine rings is 1. The molecule has 0 bridgehead atoms. The zero-order valence-electron chi connectivity index (χ0n) is 16.6. The molecule has 6 heteroatoms. The van der Waals surface area contributed by atoms with Gasteiger partial charge in [-0.2, -0.15) is 0 Å². The number of fused-ring (bicyclic) bond motifs is 1. The van der Waals surface area contributed by atoms with Crippen molar-refractivity contribution in [1.82, 2.24) is 24.3 Å². The Morgan fingerprint density at radius 1 is 1.07 bits per heavy atom. The number of benzene rings is 1. The van der Waals surface area contributed by atoms with Gasteiger partial charge in [-0.05, 0) is 36.4 Å². The van der Waals surface area contributed by atoms with Crippen molar-refractivity contribution in [2.75, 3.05) is 20.7 Å². The summed E-state index contributed by atoms with van der Waals surface area (Å²) in [4.78, 5) is 13.8. The predicted molar refractivity (Wildman–Crippen MR) is 109 cm³/mol. The number of rotatable bonds is 7. The van der Waals surface area contributed by atoms with Crippen LogP contribution < -0.4 is 4.74 Å². The number of nitrogens with zero attached hydrogens (tertiary/aromatic N) is 5.